The van der Waals surface area contributed by atoms with Crippen molar-refractivity contribution in [2.45, 2.75) is 57.2 Å². The van der Waals surface area contributed by atoms with Crippen LogP contribution < -0.4 is 5.73 Å². The zero-order valence-electron chi connectivity index (χ0n) is 23.1. The van der Waals surface area contributed by atoms with Crippen LogP contribution in [0.25, 0.3) is 5.76 Å². The molecule has 1 heterocycles. The molecule has 6 N–H and O–H groups in total. The summed E-state index contributed by atoms with van der Waals surface area (Å²) in [7, 11) is 3.06. The summed E-state index contributed by atoms with van der Waals surface area (Å²) >= 11 is 0. The molecule has 5 rings (SSSR count). The lowest BCUT2D eigenvalue weighted by Crippen LogP contribution is -2.65. The fourth-order valence-corrected chi connectivity index (χ4v) is 7.42. The minimum atomic E-state index is -2.72. The number of phenolic OH excluding ortho intramolecular Hbond substituents is 1. The Morgan fingerprint density at radius 2 is 1.93 bits per heavy atom. The van der Waals surface area contributed by atoms with Crippen molar-refractivity contribution in [1.82, 2.24) is 9.80 Å². The van der Waals surface area contributed by atoms with Crippen molar-refractivity contribution in [2.75, 3.05) is 27.2 Å². The number of rotatable bonds is 5. The molecule has 1 saturated carbocycles. The van der Waals surface area contributed by atoms with Gasteiger partial charge in [0.15, 0.2) is 11.4 Å². The maximum atomic E-state index is 16.2. The number of nitrogens with two attached hydrogens (primary N) is 1. The Hall–Kier alpha value is -3.28. The summed E-state index contributed by atoms with van der Waals surface area (Å²) in [6.07, 6.45) is 1.44. The number of nitrogens with zero attached hydrogens (tertiary/aromatic N) is 2. The molecule has 1 saturated heterocycles. The average molecular weight is 558 g/mol. The minimum Gasteiger partial charge on any atom is -0.508 e. The van der Waals surface area contributed by atoms with Crippen LogP contribution in [-0.2, 0) is 20.8 Å². The van der Waals surface area contributed by atoms with E-state index in [-0.39, 0.29) is 35.6 Å². The molecule has 3 aliphatic carbocycles. The molecule has 1 aromatic carbocycles. The first kappa shape index (κ1) is 28.3. The smallest absolute Gasteiger partial charge is 0.255 e. The number of amides is 1. The Morgan fingerprint density at radius 1 is 1.25 bits per heavy atom. The second-order valence-electron chi connectivity index (χ2n) is 12.2. The van der Waals surface area contributed by atoms with Gasteiger partial charge in [0.1, 0.15) is 28.7 Å². The number of carbonyl (C=O) groups is 3. The van der Waals surface area contributed by atoms with E-state index in [1.807, 2.05) is 0 Å². The highest BCUT2D eigenvalue weighted by Crippen LogP contribution is 2.53. The number of ketones is 2. The van der Waals surface area contributed by atoms with Crippen molar-refractivity contribution in [2.24, 2.45) is 23.5 Å². The van der Waals surface area contributed by atoms with Crippen molar-refractivity contribution in [3.63, 3.8) is 0 Å². The second kappa shape index (κ2) is 9.67. The molecule has 2 fully saturated rings. The van der Waals surface area contributed by atoms with Crippen molar-refractivity contribution in [1.29, 1.82) is 0 Å². The van der Waals surface area contributed by atoms with E-state index in [0.717, 1.165) is 19.5 Å². The molecule has 1 amide bonds. The Kier molecular flexibility index (Phi) is 6.83. The predicted octanol–water partition coefficient (Wildman–Crippen LogP) is 1.90. The second-order valence-corrected chi connectivity index (χ2v) is 12.2. The van der Waals surface area contributed by atoms with Gasteiger partial charge in [-0.3, -0.25) is 24.2 Å². The van der Waals surface area contributed by atoms with E-state index in [1.165, 1.54) is 25.1 Å². The van der Waals surface area contributed by atoms with E-state index in [9.17, 15) is 34.8 Å². The van der Waals surface area contributed by atoms with E-state index >= 15 is 4.39 Å². The van der Waals surface area contributed by atoms with Crippen LogP contribution in [0.1, 0.15) is 55.8 Å². The lowest BCUT2D eigenvalue weighted by atomic mass is 9.57. The third-order valence-electron chi connectivity index (χ3n) is 9.00. The normalized spacial score (nSPS) is 30.7. The van der Waals surface area contributed by atoms with Crippen LogP contribution in [0.3, 0.4) is 0 Å². The molecule has 1 aromatic rings. The van der Waals surface area contributed by atoms with Gasteiger partial charge in [-0.1, -0.05) is 13.8 Å². The number of Topliss-reactive ketones (excluding diaryl/α,β-unsaturated/α-hetero) is 2. The fourth-order valence-electron chi connectivity index (χ4n) is 7.42. The monoisotopic (exact) mass is 557 g/mol. The number of primary amides is 1. The molecule has 0 radical (unpaired) electrons. The van der Waals surface area contributed by atoms with E-state index in [2.05, 4.69) is 18.7 Å². The number of likely N-dealkylation sites (N-methyl/N-ethyl adjacent to an activating group) is 1. The first-order valence-corrected chi connectivity index (χ1v) is 13.6. The molecule has 11 heteroatoms. The Balaban J connectivity index is 1.66. The van der Waals surface area contributed by atoms with E-state index in [0.29, 0.717) is 17.9 Å². The van der Waals surface area contributed by atoms with E-state index < -0.39 is 69.6 Å². The molecular weight excluding hydrogens is 521 g/mol. The number of aromatic hydroxyl groups is 1. The molecule has 0 spiro atoms. The van der Waals surface area contributed by atoms with Gasteiger partial charge in [0.05, 0.1) is 11.6 Å². The van der Waals surface area contributed by atoms with Gasteiger partial charge in [-0.25, -0.2) is 4.39 Å². The van der Waals surface area contributed by atoms with Gasteiger partial charge in [0.25, 0.3) is 5.91 Å². The quantitative estimate of drug-likeness (QED) is 0.340. The van der Waals surface area contributed by atoms with Gasteiger partial charge in [-0.05, 0) is 64.2 Å². The van der Waals surface area contributed by atoms with Gasteiger partial charge >= 0.3 is 0 Å². The van der Waals surface area contributed by atoms with Crippen molar-refractivity contribution in [3.05, 3.63) is 45.5 Å². The third-order valence-corrected chi connectivity index (χ3v) is 9.00. The SMILES string of the molecule is CC(C)CN1CCCC1c1cc(O)c2c(c1F)C[C@H]1C[C@H]3[C@H](N(C)C)C(=O)C(C(N)=O)=C(O)[C@@]3(O)C(=O)C1=C2O. The minimum absolute atomic E-state index is 0.0667. The molecule has 10 nitrogen and oxygen atoms in total. The number of benzene rings is 1. The maximum Gasteiger partial charge on any atom is 0.255 e. The summed E-state index contributed by atoms with van der Waals surface area (Å²) in [6, 6.07) is -0.138. The van der Waals surface area contributed by atoms with Crippen LogP contribution >= 0.6 is 0 Å². The first-order chi connectivity index (χ1) is 18.7. The largest absolute Gasteiger partial charge is 0.508 e. The lowest BCUT2D eigenvalue weighted by Gasteiger charge is -2.50. The lowest BCUT2D eigenvalue weighted by molar-refractivity contribution is -0.153. The number of hydrogen-bond donors (Lipinski definition) is 5. The zero-order chi connectivity index (χ0) is 29.4. The Morgan fingerprint density at radius 3 is 2.52 bits per heavy atom. The number of phenols is 1. The number of likely N-dealkylation sites (tertiary alicyclic amines) is 1. The van der Waals surface area contributed by atoms with E-state index in [4.69, 9.17) is 5.73 Å². The van der Waals surface area contributed by atoms with Crippen molar-refractivity contribution < 1.29 is 39.2 Å². The summed E-state index contributed by atoms with van der Waals surface area (Å²) in [5.74, 6) is -7.70. The molecule has 216 valence electrons. The number of fused-ring (bicyclic) bond motifs is 3. The van der Waals surface area contributed by atoms with Gasteiger partial charge < -0.3 is 26.2 Å². The number of hydrogen-bond acceptors (Lipinski definition) is 9. The summed E-state index contributed by atoms with van der Waals surface area (Å²) in [4.78, 5) is 42.8. The summed E-state index contributed by atoms with van der Waals surface area (Å²) in [6.45, 7) is 5.73. The zero-order valence-corrected chi connectivity index (χ0v) is 23.1. The summed E-state index contributed by atoms with van der Waals surface area (Å²) in [5.41, 5.74) is 1.61. The number of aliphatic hydroxyl groups is 3. The molecular formula is C29H36FN3O7. The Labute approximate surface area is 231 Å². The van der Waals surface area contributed by atoms with E-state index in [1.54, 1.807) is 0 Å². The summed E-state index contributed by atoms with van der Waals surface area (Å²) < 4.78 is 16.2. The summed E-state index contributed by atoms with van der Waals surface area (Å²) in [5, 5.41) is 44.9. The highest BCUT2D eigenvalue weighted by atomic mass is 19.1. The molecule has 1 aliphatic heterocycles. The van der Waals surface area contributed by atoms with Crippen LogP contribution in [0.5, 0.6) is 5.75 Å². The molecule has 40 heavy (non-hydrogen) atoms. The van der Waals surface area contributed by atoms with Crippen molar-refractivity contribution >= 4 is 23.2 Å². The average Bonchev–Trinajstić information content (AvgIpc) is 3.30. The maximum absolute atomic E-state index is 16.2. The Bertz CT molecular complexity index is 1380. The van der Waals surface area contributed by atoms with Crippen LogP contribution in [0.2, 0.25) is 0 Å². The van der Waals surface area contributed by atoms with Gasteiger partial charge in [0.2, 0.25) is 5.78 Å². The molecule has 0 bridgehead atoms. The van der Waals surface area contributed by atoms with Gasteiger partial charge in [0, 0.05) is 35.2 Å². The number of aliphatic hydroxyl groups excluding tert-OH is 2. The molecule has 5 atom stereocenters. The third kappa shape index (κ3) is 3.89. The standard InChI is InChI=1S/C29H36FN3O7/c1-12(2)11-33-7-5-6-17(33)14-10-18(34)20-15(22(14)30)8-13-9-16-23(32(3)4)25(36)21(28(31)39)27(38)29(16,40)26(37)19(13)24(20)35/h10,12-13,16-17,23,34-35,38,40H,5-9,11H2,1-4H3,(H2,31,39)/t13-,16-,17?,23-,29-/m0/s1. The van der Waals surface area contributed by atoms with Crippen molar-refractivity contribution in [3.8, 4) is 5.75 Å². The van der Waals surface area contributed by atoms with Gasteiger partial charge in [-0.15, -0.1) is 0 Å². The van der Waals surface area contributed by atoms with Crippen LogP contribution in [0.4, 0.5) is 4.39 Å². The molecule has 1 unspecified atom stereocenters. The fraction of sp³-hybridized carbons (Fsp3) is 0.552. The predicted molar refractivity (Wildman–Crippen MR) is 143 cm³/mol. The van der Waals surface area contributed by atoms with Crippen LogP contribution in [0, 0.1) is 23.6 Å². The highest BCUT2D eigenvalue weighted by Gasteiger charge is 2.64. The van der Waals surface area contributed by atoms with Gasteiger partial charge in [-0.2, -0.15) is 0 Å². The molecule has 4 aliphatic rings. The molecule has 0 aromatic heterocycles. The van der Waals surface area contributed by atoms with Crippen LogP contribution in [0.15, 0.2) is 23.0 Å². The number of carbonyl (C=O) groups excluding carboxylic acids is 3. The topological polar surface area (TPSA) is 165 Å². The highest BCUT2D eigenvalue weighted by molar-refractivity contribution is 6.24. The van der Waals surface area contributed by atoms with Crippen LogP contribution in [-0.4, -0.2) is 86.5 Å². The number of halogens is 1. The first-order valence-electron chi connectivity index (χ1n) is 13.6.